The molecule has 0 saturated heterocycles. The van der Waals surface area contributed by atoms with Gasteiger partial charge in [-0.1, -0.05) is 76.9 Å². The highest BCUT2D eigenvalue weighted by Gasteiger charge is 1.94. The van der Waals surface area contributed by atoms with Gasteiger partial charge >= 0.3 is 8.69 Å². The summed E-state index contributed by atoms with van der Waals surface area (Å²) in [7, 11) is -0.589. The molecule has 2 nitrogen and oxygen atoms in total. The lowest BCUT2D eigenvalue weighted by Gasteiger charge is -1.99. The predicted octanol–water partition coefficient (Wildman–Crippen LogP) is 6.98. The van der Waals surface area contributed by atoms with Gasteiger partial charge in [0.15, 0.2) is 0 Å². The average molecular weight is 315 g/mol. The third-order valence-corrected chi connectivity index (χ3v) is 4.14. The Kier molecular flexibility index (Phi) is 19.6. The molecular formula is C18H36O2P+. The van der Waals surface area contributed by atoms with E-state index in [4.69, 9.17) is 4.52 Å². The van der Waals surface area contributed by atoms with Crippen molar-refractivity contribution in [2.45, 2.75) is 96.8 Å². The van der Waals surface area contributed by atoms with Crippen LogP contribution in [-0.4, -0.2) is 6.61 Å². The second kappa shape index (κ2) is 19.8. The molecular weight excluding hydrogens is 279 g/mol. The van der Waals surface area contributed by atoms with E-state index in [-0.39, 0.29) is 0 Å². The Labute approximate surface area is 134 Å². The monoisotopic (exact) mass is 315 g/mol. The first-order valence-electron chi connectivity index (χ1n) is 9.05. The van der Waals surface area contributed by atoms with Crippen LogP contribution in [0, 0.1) is 0 Å². The zero-order valence-electron chi connectivity index (χ0n) is 14.1. The van der Waals surface area contributed by atoms with Gasteiger partial charge in [0.05, 0.1) is 0 Å². The van der Waals surface area contributed by atoms with Gasteiger partial charge in [0, 0.05) is 0 Å². The number of hydrogen-bond donors (Lipinski definition) is 0. The number of allylic oxidation sites excluding steroid dienone is 2. The highest BCUT2D eigenvalue weighted by atomic mass is 31.1. The number of rotatable bonds is 17. The van der Waals surface area contributed by atoms with Crippen molar-refractivity contribution in [2.75, 3.05) is 6.61 Å². The third-order valence-electron chi connectivity index (χ3n) is 3.82. The van der Waals surface area contributed by atoms with Gasteiger partial charge in [0.25, 0.3) is 0 Å². The summed E-state index contributed by atoms with van der Waals surface area (Å²) in [5.41, 5.74) is 0. The fourth-order valence-electron chi connectivity index (χ4n) is 2.46. The summed E-state index contributed by atoms with van der Waals surface area (Å²) in [6.07, 6.45) is 23.1. The highest BCUT2D eigenvalue weighted by Crippen LogP contribution is 2.10. The minimum absolute atomic E-state index is 0.589. The lowest BCUT2D eigenvalue weighted by Crippen LogP contribution is -1.85. The molecule has 0 spiro atoms. The van der Waals surface area contributed by atoms with Gasteiger partial charge in [-0.3, -0.25) is 0 Å². The van der Waals surface area contributed by atoms with Crippen molar-refractivity contribution in [3.8, 4) is 0 Å². The second-order valence-corrected chi connectivity index (χ2v) is 6.32. The molecule has 124 valence electrons. The quantitative estimate of drug-likeness (QED) is 0.164. The van der Waals surface area contributed by atoms with E-state index in [0.29, 0.717) is 6.61 Å². The Balaban J connectivity index is 3.03. The van der Waals surface area contributed by atoms with Crippen LogP contribution in [0.4, 0.5) is 0 Å². The van der Waals surface area contributed by atoms with Gasteiger partial charge in [-0.25, -0.2) is 0 Å². The fraction of sp³-hybridized carbons (Fsp3) is 0.889. The number of unbranched alkanes of at least 4 members (excludes halogenated alkanes) is 12. The third kappa shape index (κ3) is 19.8. The van der Waals surface area contributed by atoms with Crippen LogP contribution in [0.1, 0.15) is 96.8 Å². The lowest BCUT2D eigenvalue weighted by molar-refractivity contribution is 0.328. The number of hydrogen-bond acceptors (Lipinski definition) is 2. The van der Waals surface area contributed by atoms with Gasteiger partial charge < -0.3 is 0 Å². The molecule has 0 fully saturated rings. The lowest BCUT2D eigenvalue weighted by atomic mass is 10.1. The van der Waals surface area contributed by atoms with E-state index >= 15 is 0 Å². The van der Waals surface area contributed by atoms with Gasteiger partial charge in [0.1, 0.15) is 6.61 Å². The van der Waals surface area contributed by atoms with Crippen molar-refractivity contribution in [3.63, 3.8) is 0 Å². The molecule has 0 aromatic carbocycles. The molecule has 0 aliphatic carbocycles. The van der Waals surface area contributed by atoms with E-state index in [0.717, 1.165) is 6.42 Å². The SMILES string of the molecule is CCCCCCCCC=CCCCCCCCCO[PH+]=O. The molecule has 0 N–H and O–H groups in total. The summed E-state index contributed by atoms with van der Waals surface area (Å²) < 4.78 is 14.9. The molecule has 3 heteroatoms. The van der Waals surface area contributed by atoms with Crippen LogP contribution in [0.3, 0.4) is 0 Å². The normalized spacial score (nSPS) is 11.7. The molecule has 0 aromatic heterocycles. The summed E-state index contributed by atoms with van der Waals surface area (Å²) in [4.78, 5) is 0. The molecule has 0 aliphatic heterocycles. The van der Waals surface area contributed by atoms with E-state index < -0.39 is 8.69 Å². The fourth-order valence-corrected chi connectivity index (χ4v) is 2.69. The van der Waals surface area contributed by atoms with Crippen molar-refractivity contribution in [1.82, 2.24) is 0 Å². The average Bonchev–Trinajstić information content (AvgIpc) is 2.50. The van der Waals surface area contributed by atoms with E-state index in [1.54, 1.807) is 0 Å². The van der Waals surface area contributed by atoms with E-state index in [9.17, 15) is 4.57 Å². The molecule has 0 amide bonds. The summed E-state index contributed by atoms with van der Waals surface area (Å²) in [5.74, 6) is 0. The molecule has 0 aromatic rings. The molecule has 0 bridgehead atoms. The summed E-state index contributed by atoms with van der Waals surface area (Å²) in [5, 5.41) is 0. The van der Waals surface area contributed by atoms with Crippen LogP contribution in [0.15, 0.2) is 12.2 Å². The second-order valence-electron chi connectivity index (χ2n) is 5.87. The van der Waals surface area contributed by atoms with Crippen LogP contribution in [0.2, 0.25) is 0 Å². The minimum atomic E-state index is -0.589. The van der Waals surface area contributed by atoms with Crippen LogP contribution in [0.25, 0.3) is 0 Å². The Bertz CT molecular complexity index is 229. The largest absolute Gasteiger partial charge is 0.494 e. The maximum Gasteiger partial charge on any atom is 0.494 e. The first-order chi connectivity index (χ1) is 10.4. The Morgan fingerprint density at radius 1 is 0.714 bits per heavy atom. The van der Waals surface area contributed by atoms with Crippen LogP contribution < -0.4 is 0 Å². The molecule has 0 saturated carbocycles. The molecule has 1 atom stereocenters. The van der Waals surface area contributed by atoms with E-state index in [1.165, 1.54) is 83.5 Å². The summed E-state index contributed by atoms with van der Waals surface area (Å²) in [6, 6.07) is 0. The molecule has 0 rings (SSSR count). The van der Waals surface area contributed by atoms with Crippen molar-refractivity contribution in [1.29, 1.82) is 0 Å². The zero-order valence-corrected chi connectivity index (χ0v) is 15.1. The predicted molar refractivity (Wildman–Crippen MR) is 94.4 cm³/mol. The Morgan fingerprint density at radius 3 is 1.71 bits per heavy atom. The van der Waals surface area contributed by atoms with Crippen LogP contribution >= 0.6 is 8.69 Å². The van der Waals surface area contributed by atoms with Gasteiger partial charge in [-0.15, -0.1) is 4.52 Å². The van der Waals surface area contributed by atoms with Gasteiger partial charge in [-0.2, -0.15) is 0 Å². The molecule has 0 heterocycles. The standard InChI is InChI=1S/C18H36O2P/c1-2-3-4-5-6-7-8-9-10-11-12-13-14-15-16-17-18-20-21-19/h9-10,21H,2-8,11-18H2,1H3/q+1. The molecule has 0 aliphatic rings. The molecule has 0 radical (unpaired) electrons. The summed E-state index contributed by atoms with van der Waals surface area (Å²) in [6.45, 7) is 2.93. The first kappa shape index (κ1) is 20.8. The van der Waals surface area contributed by atoms with Gasteiger partial charge in [-0.05, 0) is 36.7 Å². The zero-order chi connectivity index (χ0) is 15.4. The van der Waals surface area contributed by atoms with E-state index in [1.807, 2.05) is 0 Å². The van der Waals surface area contributed by atoms with Crippen LogP contribution in [-0.2, 0) is 9.09 Å². The highest BCUT2D eigenvalue weighted by molar-refractivity contribution is 7.17. The topological polar surface area (TPSA) is 26.3 Å². The Morgan fingerprint density at radius 2 is 1.19 bits per heavy atom. The van der Waals surface area contributed by atoms with Crippen molar-refractivity contribution in [3.05, 3.63) is 12.2 Å². The minimum Gasteiger partial charge on any atom is -0.148 e. The van der Waals surface area contributed by atoms with Crippen LogP contribution in [0.5, 0.6) is 0 Å². The summed E-state index contributed by atoms with van der Waals surface area (Å²) >= 11 is 0. The maximum atomic E-state index is 10.1. The maximum absolute atomic E-state index is 10.1. The first-order valence-corrected chi connectivity index (χ1v) is 9.87. The van der Waals surface area contributed by atoms with Crippen molar-refractivity contribution < 1.29 is 9.09 Å². The molecule has 1 unspecified atom stereocenters. The Hall–Kier alpha value is -0.200. The van der Waals surface area contributed by atoms with Crippen molar-refractivity contribution in [2.24, 2.45) is 0 Å². The smallest absolute Gasteiger partial charge is 0.148 e. The molecule has 21 heavy (non-hydrogen) atoms. The van der Waals surface area contributed by atoms with E-state index in [2.05, 4.69) is 19.1 Å². The van der Waals surface area contributed by atoms with Gasteiger partial charge in [0.2, 0.25) is 0 Å². The van der Waals surface area contributed by atoms with Crippen molar-refractivity contribution >= 4 is 8.69 Å².